The molecule has 1 aromatic carbocycles. The average Bonchev–Trinajstić information content (AvgIpc) is 2.99. The van der Waals surface area contributed by atoms with Gasteiger partial charge in [-0.3, -0.25) is 9.80 Å². The number of benzene rings is 1. The summed E-state index contributed by atoms with van der Waals surface area (Å²) in [5.41, 5.74) is 0.890. The number of hydrogen-bond acceptors (Lipinski definition) is 6. The van der Waals surface area contributed by atoms with Gasteiger partial charge in [0.1, 0.15) is 18.3 Å². The van der Waals surface area contributed by atoms with Crippen LogP contribution < -0.4 is 10.3 Å². The van der Waals surface area contributed by atoms with Gasteiger partial charge in [-0.05, 0) is 19.1 Å². The number of anilines is 1. The third-order valence-corrected chi connectivity index (χ3v) is 3.09. The van der Waals surface area contributed by atoms with Gasteiger partial charge < -0.3 is 10.1 Å². The number of para-hydroxylation sites is 1. The number of nitriles is 1. The number of ether oxygens (including phenoxy) is 1. The Bertz CT molecular complexity index is 621. The van der Waals surface area contributed by atoms with Gasteiger partial charge in [0.2, 0.25) is 5.91 Å². The van der Waals surface area contributed by atoms with Crippen molar-refractivity contribution in [3.63, 3.8) is 0 Å². The fraction of sp³-hybridized carbons (Fsp3) is 0.333. The smallest absolute Gasteiger partial charge is 0.354 e. The lowest BCUT2D eigenvalue weighted by atomic mass is 10.1. The van der Waals surface area contributed by atoms with Crippen molar-refractivity contribution in [2.45, 2.75) is 19.4 Å². The van der Waals surface area contributed by atoms with Crippen LogP contribution in [0.1, 0.15) is 13.3 Å². The van der Waals surface area contributed by atoms with E-state index >= 15 is 0 Å². The lowest BCUT2D eigenvalue weighted by molar-refractivity contribution is -0.135. The number of rotatable bonds is 5. The number of nitrogens with zero attached hydrogens (tertiary/aromatic N) is 3. The molecular formula is C15H16N4O3. The summed E-state index contributed by atoms with van der Waals surface area (Å²) in [4.78, 5) is 24.0. The maximum Gasteiger partial charge on any atom is 0.354 e. The van der Waals surface area contributed by atoms with Crippen molar-refractivity contribution >= 4 is 23.3 Å². The van der Waals surface area contributed by atoms with E-state index in [1.807, 2.05) is 24.3 Å². The highest BCUT2D eigenvalue weighted by atomic mass is 16.5. The fourth-order valence-electron chi connectivity index (χ4n) is 2.12. The van der Waals surface area contributed by atoms with Crippen molar-refractivity contribution in [3.8, 4) is 6.07 Å². The van der Waals surface area contributed by atoms with Crippen LogP contribution in [-0.2, 0) is 14.3 Å². The number of esters is 1. The van der Waals surface area contributed by atoms with Crippen LogP contribution in [0.2, 0.25) is 0 Å². The molecule has 0 aromatic heterocycles. The van der Waals surface area contributed by atoms with Gasteiger partial charge in [-0.1, -0.05) is 18.2 Å². The van der Waals surface area contributed by atoms with Gasteiger partial charge in [-0.2, -0.15) is 10.4 Å². The quantitative estimate of drug-likeness (QED) is 0.642. The van der Waals surface area contributed by atoms with Crippen LogP contribution in [0, 0.1) is 11.3 Å². The van der Waals surface area contributed by atoms with Crippen molar-refractivity contribution < 1.29 is 14.3 Å². The fourth-order valence-corrected chi connectivity index (χ4v) is 2.12. The molecule has 0 bridgehead atoms. The van der Waals surface area contributed by atoms with Crippen molar-refractivity contribution in [2.75, 3.05) is 18.2 Å². The zero-order chi connectivity index (χ0) is 15.9. The average molecular weight is 300 g/mol. The Morgan fingerprint density at radius 2 is 2.18 bits per heavy atom. The maximum atomic E-state index is 12.2. The summed E-state index contributed by atoms with van der Waals surface area (Å²) in [7, 11) is 0. The van der Waals surface area contributed by atoms with E-state index in [1.165, 1.54) is 5.01 Å². The van der Waals surface area contributed by atoms with Gasteiger partial charge in [-0.25, -0.2) is 4.79 Å². The third kappa shape index (κ3) is 3.41. The molecule has 1 atom stereocenters. The first-order valence-corrected chi connectivity index (χ1v) is 6.91. The van der Waals surface area contributed by atoms with Crippen molar-refractivity contribution in [3.05, 3.63) is 30.3 Å². The molecule has 0 radical (unpaired) electrons. The Balaban J connectivity index is 2.24. The van der Waals surface area contributed by atoms with Crippen LogP contribution >= 0.6 is 0 Å². The van der Waals surface area contributed by atoms with Gasteiger partial charge in [0, 0.05) is 6.42 Å². The first-order chi connectivity index (χ1) is 10.7. The standard InChI is InChI=1S/C15H16N4O3/c1-2-22-15(21)12-10-13(14(20)17-9-8-16)19(18-12)11-6-4-3-5-7-11/h3-7,13H,2,9-10H2,1H3,(H,17,20). The lowest BCUT2D eigenvalue weighted by Crippen LogP contribution is -2.43. The van der Waals surface area contributed by atoms with E-state index in [9.17, 15) is 9.59 Å². The number of hydrogen-bond donors (Lipinski definition) is 1. The van der Waals surface area contributed by atoms with Crippen molar-refractivity contribution in [1.82, 2.24) is 5.32 Å². The number of nitrogens with one attached hydrogen (secondary N) is 1. The molecule has 0 spiro atoms. The lowest BCUT2D eigenvalue weighted by Gasteiger charge is -2.22. The third-order valence-electron chi connectivity index (χ3n) is 3.09. The van der Waals surface area contributed by atoms with Crippen LogP contribution in [0.5, 0.6) is 0 Å². The van der Waals surface area contributed by atoms with E-state index in [2.05, 4.69) is 10.4 Å². The second-order valence-corrected chi connectivity index (χ2v) is 4.54. The molecule has 1 aliphatic rings. The predicted molar refractivity (Wildman–Crippen MR) is 80.0 cm³/mol. The number of carbonyl (C=O) groups excluding carboxylic acids is 2. The molecule has 1 heterocycles. The highest BCUT2D eigenvalue weighted by molar-refractivity contribution is 6.38. The van der Waals surface area contributed by atoms with Gasteiger partial charge in [-0.15, -0.1) is 0 Å². The molecule has 7 nitrogen and oxygen atoms in total. The van der Waals surface area contributed by atoms with Crippen LogP contribution in [0.4, 0.5) is 5.69 Å². The summed E-state index contributed by atoms with van der Waals surface area (Å²) in [6.45, 7) is 1.86. The Kier molecular flexibility index (Phi) is 5.09. The molecule has 0 saturated heterocycles. The Labute approximate surface area is 128 Å². The van der Waals surface area contributed by atoms with Crippen LogP contribution in [0.15, 0.2) is 35.4 Å². The molecule has 1 amide bonds. The summed E-state index contributed by atoms with van der Waals surface area (Å²) in [5.74, 6) is -0.882. The van der Waals surface area contributed by atoms with Gasteiger partial charge in [0.15, 0.2) is 0 Å². The number of carbonyl (C=O) groups is 2. The monoisotopic (exact) mass is 300 g/mol. The van der Waals surface area contributed by atoms with E-state index < -0.39 is 12.0 Å². The molecule has 7 heteroatoms. The molecule has 0 aliphatic carbocycles. The largest absolute Gasteiger partial charge is 0.461 e. The van der Waals surface area contributed by atoms with Crippen molar-refractivity contribution in [1.29, 1.82) is 5.26 Å². The molecule has 0 fully saturated rings. The predicted octanol–water partition coefficient (Wildman–Crippen LogP) is 0.824. The molecule has 1 aliphatic heterocycles. The van der Waals surface area contributed by atoms with E-state index in [1.54, 1.807) is 19.1 Å². The van der Waals surface area contributed by atoms with Crippen molar-refractivity contribution in [2.24, 2.45) is 5.10 Å². The molecule has 1 aromatic rings. The van der Waals surface area contributed by atoms with E-state index in [-0.39, 0.29) is 31.2 Å². The van der Waals surface area contributed by atoms with E-state index in [0.717, 1.165) is 0 Å². The molecular weight excluding hydrogens is 284 g/mol. The number of hydrazone groups is 1. The molecule has 0 saturated carbocycles. The maximum absolute atomic E-state index is 12.2. The topological polar surface area (TPSA) is 94.8 Å². The molecule has 22 heavy (non-hydrogen) atoms. The summed E-state index contributed by atoms with van der Waals surface area (Å²) in [6, 6.07) is 10.2. The molecule has 114 valence electrons. The summed E-state index contributed by atoms with van der Waals surface area (Å²) in [6.07, 6.45) is 0.144. The Morgan fingerprint density at radius 3 is 2.82 bits per heavy atom. The Hall–Kier alpha value is -2.88. The van der Waals surface area contributed by atoms with Crippen LogP contribution in [0.3, 0.4) is 0 Å². The first-order valence-electron chi connectivity index (χ1n) is 6.91. The zero-order valence-electron chi connectivity index (χ0n) is 12.2. The van der Waals surface area contributed by atoms with Gasteiger partial charge >= 0.3 is 5.97 Å². The second kappa shape index (κ2) is 7.22. The zero-order valence-corrected chi connectivity index (χ0v) is 12.2. The minimum absolute atomic E-state index is 0.0906. The molecule has 1 N–H and O–H groups in total. The van der Waals surface area contributed by atoms with E-state index in [0.29, 0.717) is 5.69 Å². The number of amides is 1. The molecule has 2 rings (SSSR count). The van der Waals surface area contributed by atoms with E-state index in [4.69, 9.17) is 10.00 Å². The highest BCUT2D eigenvalue weighted by Gasteiger charge is 2.36. The summed E-state index contributed by atoms with van der Waals surface area (Å²) in [5, 5.41) is 16.8. The summed E-state index contributed by atoms with van der Waals surface area (Å²) < 4.78 is 4.94. The van der Waals surface area contributed by atoms with Gasteiger partial charge in [0.25, 0.3) is 0 Å². The SMILES string of the molecule is CCOC(=O)C1=NN(c2ccccc2)C(C(=O)NCC#N)C1. The normalized spacial score (nSPS) is 16.6. The molecule has 1 unspecified atom stereocenters. The van der Waals surface area contributed by atoms with Crippen LogP contribution in [-0.4, -0.2) is 36.8 Å². The summed E-state index contributed by atoms with van der Waals surface area (Å²) >= 11 is 0. The van der Waals surface area contributed by atoms with Gasteiger partial charge in [0.05, 0.1) is 18.4 Å². The highest BCUT2D eigenvalue weighted by Crippen LogP contribution is 2.24. The van der Waals surface area contributed by atoms with Crippen LogP contribution in [0.25, 0.3) is 0 Å². The minimum Gasteiger partial charge on any atom is -0.461 e. The first kappa shape index (κ1) is 15.5. The Morgan fingerprint density at radius 1 is 1.45 bits per heavy atom. The second-order valence-electron chi connectivity index (χ2n) is 4.54. The minimum atomic E-state index is -0.671.